The van der Waals surface area contributed by atoms with Gasteiger partial charge in [-0.3, -0.25) is 0 Å². The van der Waals surface area contributed by atoms with Crippen molar-refractivity contribution >= 4 is 15.7 Å². The minimum atomic E-state index is -3.81. The number of ether oxygens (including phenoxy) is 1. The molecular formula is C20H20N2O4S. The summed E-state index contributed by atoms with van der Waals surface area (Å²) in [6.45, 7) is 4.07. The van der Waals surface area contributed by atoms with E-state index < -0.39 is 9.84 Å². The van der Waals surface area contributed by atoms with E-state index in [0.717, 1.165) is 11.1 Å². The molecule has 0 atom stereocenters. The van der Waals surface area contributed by atoms with E-state index in [-0.39, 0.29) is 15.8 Å². The molecule has 27 heavy (non-hydrogen) atoms. The summed E-state index contributed by atoms with van der Waals surface area (Å²) in [5.74, 6) is 0.570. The second-order valence-corrected chi connectivity index (χ2v) is 8.28. The van der Waals surface area contributed by atoms with Crippen LogP contribution in [0.4, 0.5) is 5.88 Å². The van der Waals surface area contributed by atoms with Gasteiger partial charge in [-0.15, -0.1) is 0 Å². The van der Waals surface area contributed by atoms with Gasteiger partial charge in [0.15, 0.2) is 0 Å². The molecule has 3 aromatic rings. The predicted octanol–water partition coefficient (Wildman–Crippen LogP) is 3.32. The Morgan fingerprint density at radius 2 is 1.63 bits per heavy atom. The van der Waals surface area contributed by atoms with Gasteiger partial charge in [0.2, 0.25) is 26.6 Å². The number of hydrogen-bond donors (Lipinski definition) is 0. The largest absolute Gasteiger partial charge is 0.419 e. The summed E-state index contributed by atoms with van der Waals surface area (Å²) in [6, 6.07) is 16.1. The smallest absolute Gasteiger partial charge is 0.236 e. The van der Waals surface area contributed by atoms with Crippen molar-refractivity contribution in [1.29, 1.82) is 0 Å². The Balaban J connectivity index is 1.84. The zero-order chi connectivity index (χ0) is 18.9. The SMILES string of the molecule is Cc1ccc(S(=O)(=O)c2nc(-c3ccccc3)oc2N2CCOCC2)cc1. The lowest BCUT2D eigenvalue weighted by Crippen LogP contribution is -2.36. The maximum atomic E-state index is 13.3. The third-order valence-corrected chi connectivity index (χ3v) is 6.15. The van der Waals surface area contributed by atoms with E-state index in [1.54, 1.807) is 24.3 Å². The molecule has 2 heterocycles. The predicted molar refractivity (Wildman–Crippen MR) is 102 cm³/mol. The number of hydrogen-bond acceptors (Lipinski definition) is 6. The molecule has 140 valence electrons. The molecule has 4 rings (SSSR count). The summed E-state index contributed by atoms with van der Waals surface area (Å²) in [5.41, 5.74) is 1.73. The summed E-state index contributed by atoms with van der Waals surface area (Å²) in [6.07, 6.45) is 0. The molecule has 1 fully saturated rings. The molecule has 7 heteroatoms. The van der Waals surface area contributed by atoms with Gasteiger partial charge in [0.05, 0.1) is 18.1 Å². The highest BCUT2D eigenvalue weighted by molar-refractivity contribution is 7.91. The molecular weight excluding hydrogens is 364 g/mol. The number of sulfone groups is 1. The number of morpholine rings is 1. The number of aromatic nitrogens is 1. The summed E-state index contributed by atoms with van der Waals surface area (Å²) >= 11 is 0. The third kappa shape index (κ3) is 3.48. The molecule has 0 N–H and O–H groups in total. The van der Waals surface area contributed by atoms with Crippen LogP contribution in [0.2, 0.25) is 0 Å². The van der Waals surface area contributed by atoms with Gasteiger partial charge >= 0.3 is 0 Å². The van der Waals surface area contributed by atoms with Gasteiger partial charge < -0.3 is 14.1 Å². The Morgan fingerprint density at radius 1 is 0.963 bits per heavy atom. The van der Waals surface area contributed by atoms with Crippen LogP contribution in [0, 0.1) is 6.92 Å². The molecule has 6 nitrogen and oxygen atoms in total. The van der Waals surface area contributed by atoms with Gasteiger partial charge in [-0.2, -0.15) is 4.98 Å². The first-order valence-electron chi connectivity index (χ1n) is 8.76. The van der Waals surface area contributed by atoms with E-state index in [1.807, 2.05) is 42.2 Å². The maximum Gasteiger partial charge on any atom is 0.236 e. The number of rotatable bonds is 4. The van der Waals surface area contributed by atoms with Crippen LogP contribution in [-0.4, -0.2) is 39.7 Å². The van der Waals surface area contributed by atoms with Crippen LogP contribution in [0.15, 0.2) is 68.9 Å². The number of anilines is 1. The Hall–Kier alpha value is -2.64. The number of aryl methyl sites for hydroxylation is 1. The lowest BCUT2D eigenvalue weighted by Gasteiger charge is -2.26. The highest BCUT2D eigenvalue weighted by atomic mass is 32.2. The molecule has 1 aliphatic heterocycles. The van der Waals surface area contributed by atoms with Crippen molar-refractivity contribution in [2.75, 3.05) is 31.2 Å². The van der Waals surface area contributed by atoms with Crippen LogP contribution in [0.1, 0.15) is 5.56 Å². The Morgan fingerprint density at radius 3 is 2.30 bits per heavy atom. The van der Waals surface area contributed by atoms with Crippen molar-refractivity contribution < 1.29 is 17.6 Å². The molecule has 0 bridgehead atoms. The van der Waals surface area contributed by atoms with Gasteiger partial charge in [-0.25, -0.2) is 8.42 Å². The maximum absolute atomic E-state index is 13.3. The first-order valence-corrected chi connectivity index (χ1v) is 10.2. The standard InChI is InChI=1S/C20H20N2O4S/c1-15-7-9-17(10-8-15)27(23,24)19-20(22-11-13-25-14-12-22)26-18(21-19)16-5-3-2-4-6-16/h2-10H,11-14H2,1H3. The van der Waals surface area contributed by atoms with Gasteiger partial charge in [-0.1, -0.05) is 35.9 Å². The highest BCUT2D eigenvalue weighted by Gasteiger charge is 2.32. The Labute approximate surface area is 158 Å². The van der Waals surface area contributed by atoms with Crippen LogP contribution < -0.4 is 4.90 Å². The van der Waals surface area contributed by atoms with Crippen LogP contribution in [0.3, 0.4) is 0 Å². The van der Waals surface area contributed by atoms with E-state index in [1.165, 1.54) is 0 Å². The molecule has 1 aromatic heterocycles. The van der Waals surface area contributed by atoms with Crippen LogP contribution >= 0.6 is 0 Å². The first-order chi connectivity index (χ1) is 13.1. The van der Waals surface area contributed by atoms with E-state index in [4.69, 9.17) is 9.15 Å². The average Bonchev–Trinajstić information content (AvgIpc) is 3.16. The molecule has 0 saturated carbocycles. The van der Waals surface area contributed by atoms with Crippen LogP contribution in [0.5, 0.6) is 0 Å². The number of benzene rings is 2. The quantitative estimate of drug-likeness (QED) is 0.687. The fraction of sp³-hybridized carbons (Fsp3) is 0.250. The molecule has 2 aromatic carbocycles. The third-order valence-electron chi connectivity index (χ3n) is 4.48. The first kappa shape index (κ1) is 17.8. The molecule has 0 radical (unpaired) electrons. The van der Waals surface area contributed by atoms with Crippen molar-refractivity contribution in [2.24, 2.45) is 0 Å². The van der Waals surface area contributed by atoms with Crippen molar-refractivity contribution in [3.63, 3.8) is 0 Å². The Kier molecular flexibility index (Phi) is 4.72. The Bertz CT molecular complexity index is 1020. The van der Waals surface area contributed by atoms with Crippen LogP contribution in [0.25, 0.3) is 11.5 Å². The summed E-state index contributed by atoms with van der Waals surface area (Å²) in [5, 5.41) is -0.0490. The van der Waals surface area contributed by atoms with Gasteiger partial charge in [-0.05, 0) is 31.2 Å². The fourth-order valence-electron chi connectivity index (χ4n) is 2.97. The normalized spacial score (nSPS) is 15.1. The van der Waals surface area contributed by atoms with Crippen molar-refractivity contribution in [1.82, 2.24) is 4.98 Å². The monoisotopic (exact) mass is 384 g/mol. The van der Waals surface area contributed by atoms with E-state index >= 15 is 0 Å². The average molecular weight is 384 g/mol. The number of nitrogens with zero attached hydrogens (tertiary/aromatic N) is 2. The van der Waals surface area contributed by atoms with Crippen molar-refractivity contribution in [3.05, 3.63) is 60.2 Å². The van der Waals surface area contributed by atoms with Crippen molar-refractivity contribution in [3.8, 4) is 11.5 Å². The fourth-order valence-corrected chi connectivity index (χ4v) is 4.29. The molecule has 1 aliphatic rings. The second-order valence-electron chi connectivity index (χ2n) is 6.41. The number of oxazole rings is 1. The topological polar surface area (TPSA) is 72.6 Å². The lowest BCUT2D eigenvalue weighted by molar-refractivity contribution is 0.120. The molecule has 0 amide bonds. The molecule has 0 spiro atoms. The zero-order valence-electron chi connectivity index (χ0n) is 15.0. The molecule has 1 saturated heterocycles. The van der Waals surface area contributed by atoms with Crippen molar-refractivity contribution in [2.45, 2.75) is 16.8 Å². The van der Waals surface area contributed by atoms with E-state index in [2.05, 4.69) is 4.98 Å². The van der Waals surface area contributed by atoms with Crippen LogP contribution in [-0.2, 0) is 14.6 Å². The van der Waals surface area contributed by atoms with E-state index in [0.29, 0.717) is 32.2 Å². The summed E-state index contributed by atoms with van der Waals surface area (Å²) < 4.78 is 37.9. The van der Waals surface area contributed by atoms with E-state index in [9.17, 15) is 8.42 Å². The zero-order valence-corrected chi connectivity index (χ0v) is 15.8. The van der Waals surface area contributed by atoms with Gasteiger partial charge in [0, 0.05) is 18.7 Å². The minimum Gasteiger partial charge on any atom is -0.419 e. The highest BCUT2D eigenvalue weighted by Crippen LogP contribution is 2.35. The van der Waals surface area contributed by atoms with Gasteiger partial charge in [0.25, 0.3) is 0 Å². The second kappa shape index (κ2) is 7.17. The minimum absolute atomic E-state index is 0.0490. The molecule has 0 unspecified atom stereocenters. The van der Waals surface area contributed by atoms with Gasteiger partial charge in [0.1, 0.15) is 0 Å². The molecule has 0 aliphatic carbocycles. The summed E-state index contributed by atoms with van der Waals surface area (Å²) in [4.78, 5) is 6.47. The lowest BCUT2D eigenvalue weighted by atomic mass is 10.2. The summed E-state index contributed by atoms with van der Waals surface area (Å²) in [7, 11) is -3.81.